The lowest BCUT2D eigenvalue weighted by molar-refractivity contribution is 0.0952. The van der Waals surface area contributed by atoms with Gasteiger partial charge in [0.15, 0.2) is 0 Å². The molecule has 27 heavy (non-hydrogen) atoms. The van der Waals surface area contributed by atoms with Crippen molar-refractivity contribution >= 4 is 17.3 Å². The van der Waals surface area contributed by atoms with Gasteiger partial charge in [-0.1, -0.05) is 60.7 Å². The Balaban J connectivity index is 1.70. The van der Waals surface area contributed by atoms with E-state index in [0.29, 0.717) is 17.3 Å². The minimum atomic E-state index is -0.0767. The topological polar surface area (TPSA) is 67.1 Å². The number of nitrogens with two attached hydrogens (primary N) is 1. The molecule has 1 fully saturated rings. The van der Waals surface area contributed by atoms with Crippen molar-refractivity contribution in [1.29, 1.82) is 0 Å². The third kappa shape index (κ3) is 4.11. The van der Waals surface area contributed by atoms with E-state index in [1.165, 1.54) is 0 Å². The quantitative estimate of drug-likeness (QED) is 0.574. The smallest absolute Gasteiger partial charge is 0.253 e. The monoisotopic (exact) mass is 357 g/mol. The Morgan fingerprint density at radius 3 is 2.04 bits per heavy atom. The number of nitrogens with one attached hydrogen (secondary N) is 2. The molecule has 0 heterocycles. The van der Waals surface area contributed by atoms with Gasteiger partial charge in [0.05, 0.1) is 11.6 Å². The molecule has 0 aromatic heterocycles. The average Bonchev–Trinajstić information content (AvgIpc) is 3.52. The van der Waals surface area contributed by atoms with E-state index < -0.39 is 0 Å². The van der Waals surface area contributed by atoms with Gasteiger partial charge in [-0.3, -0.25) is 4.79 Å². The van der Waals surface area contributed by atoms with E-state index in [4.69, 9.17) is 5.73 Å². The maximum atomic E-state index is 12.7. The summed E-state index contributed by atoms with van der Waals surface area (Å²) in [5.74, 6) is -0.0767. The molecule has 0 bridgehead atoms. The molecule has 4 N–H and O–H groups in total. The van der Waals surface area contributed by atoms with Gasteiger partial charge in [-0.05, 0) is 42.2 Å². The zero-order valence-corrected chi connectivity index (χ0v) is 15.1. The van der Waals surface area contributed by atoms with Gasteiger partial charge >= 0.3 is 0 Å². The molecular formula is C23H23N3O. The van der Waals surface area contributed by atoms with Crippen LogP contribution in [0.5, 0.6) is 0 Å². The standard InChI is InChI=1S/C23H23N3O/c24-18-11-14-21(20(15-18)23(27)25-19-12-13-19)26-22(16-7-3-1-4-8-16)17-9-5-2-6-10-17/h1-11,14-15,19,22,26H,12-13,24H2,(H,25,27). The van der Waals surface area contributed by atoms with E-state index in [-0.39, 0.29) is 11.9 Å². The van der Waals surface area contributed by atoms with Crippen molar-refractivity contribution in [2.45, 2.75) is 24.9 Å². The van der Waals surface area contributed by atoms with Crippen LogP contribution in [0.15, 0.2) is 78.9 Å². The Labute approximate surface area is 159 Å². The molecule has 136 valence electrons. The highest BCUT2D eigenvalue weighted by molar-refractivity contribution is 6.01. The predicted molar refractivity (Wildman–Crippen MR) is 110 cm³/mol. The number of benzene rings is 3. The van der Waals surface area contributed by atoms with Crippen molar-refractivity contribution in [2.75, 3.05) is 11.1 Å². The van der Waals surface area contributed by atoms with Crippen LogP contribution in [0, 0.1) is 0 Å². The molecule has 1 aliphatic carbocycles. The van der Waals surface area contributed by atoms with Gasteiger partial charge in [0.2, 0.25) is 0 Å². The summed E-state index contributed by atoms with van der Waals surface area (Å²) < 4.78 is 0. The van der Waals surface area contributed by atoms with Crippen LogP contribution < -0.4 is 16.4 Å². The zero-order chi connectivity index (χ0) is 18.6. The number of rotatable bonds is 6. The van der Waals surface area contributed by atoms with Crippen molar-refractivity contribution in [3.63, 3.8) is 0 Å². The summed E-state index contributed by atoms with van der Waals surface area (Å²) >= 11 is 0. The molecule has 0 spiro atoms. The average molecular weight is 357 g/mol. The van der Waals surface area contributed by atoms with E-state index in [9.17, 15) is 4.79 Å². The first-order valence-electron chi connectivity index (χ1n) is 9.27. The highest BCUT2D eigenvalue weighted by Crippen LogP contribution is 2.30. The summed E-state index contributed by atoms with van der Waals surface area (Å²) in [6, 6.07) is 26.1. The number of amides is 1. The van der Waals surface area contributed by atoms with Crippen molar-refractivity contribution in [3.05, 3.63) is 95.6 Å². The molecule has 1 aliphatic rings. The first kappa shape index (κ1) is 17.2. The van der Waals surface area contributed by atoms with Crippen LogP contribution in [0.25, 0.3) is 0 Å². The van der Waals surface area contributed by atoms with Crippen molar-refractivity contribution < 1.29 is 4.79 Å². The van der Waals surface area contributed by atoms with Crippen LogP contribution in [0.1, 0.15) is 40.4 Å². The lowest BCUT2D eigenvalue weighted by Crippen LogP contribution is -2.27. The van der Waals surface area contributed by atoms with Crippen molar-refractivity contribution in [2.24, 2.45) is 0 Å². The Morgan fingerprint density at radius 2 is 1.48 bits per heavy atom. The fourth-order valence-corrected chi connectivity index (χ4v) is 3.17. The maximum Gasteiger partial charge on any atom is 0.253 e. The molecule has 0 saturated heterocycles. The van der Waals surface area contributed by atoms with Crippen molar-refractivity contribution in [1.82, 2.24) is 5.32 Å². The fourth-order valence-electron chi connectivity index (χ4n) is 3.17. The van der Waals surface area contributed by atoms with Gasteiger partial charge in [-0.2, -0.15) is 0 Å². The van der Waals surface area contributed by atoms with Crippen LogP contribution in [-0.4, -0.2) is 11.9 Å². The minimum Gasteiger partial charge on any atom is -0.399 e. The summed E-state index contributed by atoms with van der Waals surface area (Å²) in [6.07, 6.45) is 2.10. The van der Waals surface area contributed by atoms with Gasteiger partial charge in [-0.25, -0.2) is 0 Å². The zero-order valence-electron chi connectivity index (χ0n) is 15.1. The first-order chi connectivity index (χ1) is 13.2. The summed E-state index contributed by atoms with van der Waals surface area (Å²) in [4.78, 5) is 12.7. The molecule has 4 nitrogen and oxygen atoms in total. The third-order valence-corrected chi connectivity index (χ3v) is 4.77. The molecular weight excluding hydrogens is 334 g/mol. The molecule has 0 unspecified atom stereocenters. The lowest BCUT2D eigenvalue weighted by atomic mass is 9.97. The SMILES string of the molecule is Nc1ccc(NC(c2ccccc2)c2ccccc2)c(C(=O)NC2CC2)c1. The van der Waals surface area contributed by atoms with Crippen molar-refractivity contribution in [3.8, 4) is 0 Å². The third-order valence-electron chi connectivity index (χ3n) is 4.77. The van der Waals surface area contributed by atoms with Crippen LogP contribution in [0.4, 0.5) is 11.4 Å². The van der Waals surface area contributed by atoms with Crippen LogP contribution in [0.3, 0.4) is 0 Å². The van der Waals surface area contributed by atoms with Gasteiger partial charge < -0.3 is 16.4 Å². The largest absolute Gasteiger partial charge is 0.399 e. The highest BCUT2D eigenvalue weighted by Gasteiger charge is 2.25. The second kappa shape index (κ2) is 7.54. The van der Waals surface area contributed by atoms with Gasteiger partial charge in [-0.15, -0.1) is 0 Å². The Bertz CT molecular complexity index is 881. The van der Waals surface area contributed by atoms with E-state index in [1.54, 1.807) is 6.07 Å². The van der Waals surface area contributed by atoms with E-state index >= 15 is 0 Å². The summed E-state index contributed by atoms with van der Waals surface area (Å²) in [5.41, 5.74) is 10.2. The minimum absolute atomic E-state index is 0.0662. The molecule has 4 heteroatoms. The number of carbonyl (C=O) groups is 1. The van der Waals surface area contributed by atoms with Gasteiger partial charge in [0.25, 0.3) is 5.91 Å². The Morgan fingerprint density at radius 1 is 0.889 bits per heavy atom. The van der Waals surface area contributed by atoms with E-state index in [0.717, 1.165) is 29.7 Å². The molecule has 0 radical (unpaired) electrons. The first-order valence-corrected chi connectivity index (χ1v) is 9.27. The highest BCUT2D eigenvalue weighted by atomic mass is 16.1. The van der Waals surface area contributed by atoms with E-state index in [1.807, 2.05) is 48.5 Å². The van der Waals surface area contributed by atoms with E-state index in [2.05, 4.69) is 34.9 Å². The molecule has 3 aromatic carbocycles. The summed E-state index contributed by atoms with van der Waals surface area (Å²) in [6.45, 7) is 0. The summed E-state index contributed by atoms with van der Waals surface area (Å²) in [5, 5.41) is 6.62. The second-order valence-electron chi connectivity index (χ2n) is 6.95. The number of carbonyl (C=O) groups excluding carboxylic acids is 1. The lowest BCUT2D eigenvalue weighted by Gasteiger charge is -2.23. The number of anilines is 2. The Hall–Kier alpha value is -3.27. The number of nitrogen functional groups attached to an aromatic ring is 1. The molecule has 0 aliphatic heterocycles. The number of hydrogen-bond acceptors (Lipinski definition) is 3. The van der Waals surface area contributed by atoms with Crippen LogP contribution in [0.2, 0.25) is 0 Å². The molecule has 0 atom stereocenters. The van der Waals surface area contributed by atoms with Gasteiger partial charge in [0.1, 0.15) is 0 Å². The van der Waals surface area contributed by atoms with Gasteiger partial charge in [0, 0.05) is 17.4 Å². The summed E-state index contributed by atoms with van der Waals surface area (Å²) in [7, 11) is 0. The molecule has 3 aromatic rings. The van der Waals surface area contributed by atoms with Crippen LogP contribution in [-0.2, 0) is 0 Å². The normalized spacial score (nSPS) is 13.4. The molecule has 1 saturated carbocycles. The van der Waals surface area contributed by atoms with Crippen LogP contribution >= 0.6 is 0 Å². The second-order valence-corrected chi connectivity index (χ2v) is 6.95. The fraction of sp³-hybridized carbons (Fsp3) is 0.174. The molecule has 1 amide bonds. The Kier molecular flexibility index (Phi) is 4.79. The number of hydrogen-bond donors (Lipinski definition) is 3. The molecule has 4 rings (SSSR count). The predicted octanol–water partition coefficient (Wildman–Crippen LogP) is 4.36. The maximum absolute atomic E-state index is 12.7.